The molecular weight excluding hydrogens is 204 g/mol. The first-order valence-electron chi connectivity index (χ1n) is 5.93. The molecule has 0 aromatic carbocycles. The lowest BCUT2D eigenvalue weighted by Crippen LogP contribution is -2.42. The summed E-state index contributed by atoms with van der Waals surface area (Å²) in [6.45, 7) is 0.892. The van der Waals surface area contributed by atoms with Gasteiger partial charge in [0, 0.05) is 32.3 Å². The zero-order valence-corrected chi connectivity index (χ0v) is 10.0. The predicted octanol–water partition coefficient (Wildman–Crippen LogP) is 0.515. The van der Waals surface area contributed by atoms with Crippen LogP contribution in [0.25, 0.3) is 0 Å². The predicted molar refractivity (Wildman–Crippen MR) is 61.1 cm³/mol. The van der Waals surface area contributed by atoms with Crippen LogP contribution in [0.3, 0.4) is 0 Å². The van der Waals surface area contributed by atoms with Crippen LogP contribution in [0, 0.1) is 0 Å². The Kier molecular flexibility index (Phi) is 3.90. The van der Waals surface area contributed by atoms with Gasteiger partial charge in [-0.15, -0.1) is 5.10 Å². The standard InChI is InChI=1S/C11H20N4O/c1-12-10(11-5-3-4-6-16-11)7-9-8-15(2)14-13-9/h8,10-12H,3-7H2,1-2H3. The van der Waals surface area contributed by atoms with E-state index < -0.39 is 0 Å². The van der Waals surface area contributed by atoms with Gasteiger partial charge in [-0.1, -0.05) is 5.21 Å². The van der Waals surface area contributed by atoms with E-state index in [-0.39, 0.29) is 0 Å². The van der Waals surface area contributed by atoms with Crippen molar-refractivity contribution in [3.63, 3.8) is 0 Å². The highest BCUT2D eigenvalue weighted by molar-refractivity contribution is 4.97. The average molecular weight is 224 g/mol. The van der Waals surface area contributed by atoms with Crippen molar-refractivity contribution in [2.45, 2.75) is 37.8 Å². The van der Waals surface area contributed by atoms with Gasteiger partial charge in [-0.2, -0.15) is 0 Å². The van der Waals surface area contributed by atoms with Crippen LogP contribution in [0.5, 0.6) is 0 Å². The number of hydrogen-bond donors (Lipinski definition) is 1. The van der Waals surface area contributed by atoms with Crippen LogP contribution in [0.1, 0.15) is 25.0 Å². The van der Waals surface area contributed by atoms with Crippen molar-refractivity contribution in [2.24, 2.45) is 7.05 Å². The van der Waals surface area contributed by atoms with E-state index in [4.69, 9.17) is 4.74 Å². The molecule has 1 saturated heterocycles. The van der Waals surface area contributed by atoms with Gasteiger partial charge in [0.05, 0.1) is 11.8 Å². The summed E-state index contributed by atoms with van der Waals surface area (Å²) in [5, 5.41) is 11.4. The lowest BCUT2D eigenvalue weighted by Gasteiger charge is -2.29. The number of ether oxygens (including phenoxy) is 1. The molecule has 5 nitrogen and oxygen atoms in total. The van der Waals surface area contributed by atoms with Crippen LogP contribution in [0.2, 0.25) is 0 Å². The van der Waals surface area contributed by atoms with Gasteiger partial charge in [0.15, 0.2) is 0 Å². The fraction of sp³-hybridized carbons (Fsp3) is 0.818. The van der Waals surface area contributed by atoms with Gasteiger partial charge in [0.25, 0.3) is 0 Å². The highest BCUT2D eigenvalue weighted by Crippen LogP contribution is 2.17. The third-order valence-electron chi connectivity index (χ3n) is 3.11. The first-order valence-corrected chi connectivity index (χ1v) is 5.93. The monoisotopic (exact) mass is 224 g/mol. The summed E-state index contributed by atoms with van der Waals surface area (Å²) in [6, 6.07) is 0.344. The maximum atomic E-state index is 5.79. The molecule has 0 aliphatic carbocycles. The molecule has 0 bridgehead atoms. The van der Waals surface area contributed by atoms with Gasteiger partial charge < -0.3 is 10.1 Å². The number of aromatic nitrogens is 3. The van der Waals surface area contributed by atoms with Gasteiger partial charge >= 0.3 is 0 Å². The summed E-state index contributed by atoms with van der Waals surface area (Å²) in [4.78, 5) is 0. The van der Waals surface area contributed by atoms with E-state index in [2.05, 4.69) is 15.6 Å². The second-order valence-electron chi connectivity index (χ2n) is 4.39. The van der Waals surface area contributed by atoms with E-state index in [9.17, 15) is 0 Å². The van der Waals surface area contributed by atoms with E-state index in [1.54, 1.807) is 4.68 Å². The van der Waals surface area contributed by atoms with Crippen molar-refractivity contribution in [3.8, 4) is 0 Å². The molecule has 1 N–H and O–H groups in total. The topological polar surface area (TPSA) is 52.0 Å². The molecule has 1 aromatic rings. The second kappa shape index (κ2) is 5.41. The van der Waals surface area contributed by atoms with Crippen LogP contribution in [0.15, 0.2) is 6.20 Å². The van der Waals surface area contributed by atoms with E-state index in [1.807, 2.05) is 20.3 Å². The number of nitrogens with one attached hydrogen (secondary N) is 1. The number of nitrogens with zero attached hydrogens (tertiary/aromatic N) is 3. The van der Waals surface area contributed by atoms with Gasteiger partial charge in [0.1, 0.15) is 0 Å². The third-order valence-corrected chi connectivity index (χ3v) is 3.11. The minimum atomic E-state index is 0.320. The van der Waals surface area contributed by atoms with E-state index in [0.717, 1.165) is 25.1 Å². The Morgan fingerprint density at radius 2 is 2.50 bits per heavy atom. The summed E-state index contributed by atoms with van der Waals surface area (Å²) < 4.78 is 7.53. The van der Waals surface area contributed by atoms with Crippen molar-refractivity contribution in [3.05, 3.63) is 11.9 Å². The van der Waals surface area contributed by atoms with Crippen LogP contribution < -0.4 is 5.32 Å². The summed E-state index contributed by atoms with van der Waals surface area (Å²) in [5.74, 6) is 0. The molecule has 1 aliphatic rings. The minimum Gasteiger partial charge on any atom is -0.377 e. The molecule has 1 aromatic heterocycles. The Balaban J connectivity index is 1.94. The summed E-state index contributed by atoms with van der Waals surface area (Å²) in [5.41, 5.74) is 1.02. The first kappa shape index (κ1) is 11.5. The smallest absolute Gasteiger partial charge is 0.0843 e. The maximum Gasteiger partial charge on any atom is 0.0843 e. The molecule has 2 rings (SSSR count). The van der Waals surface area contributed by atoms with E-state index in [0.29, 0.717) is 12.1 Å². The highest BCUT2D eigenvalue weighted by Gasteiger charge is 2.24. The first-order chi connectivity index (χ1) is 7.79. The molecular formula is C11H20N4O. The van der Waals surface area contributed by atoms with Crippen LogP contribution in [-0.4, -0.2) is 40.8 Å². The van der Waals surface area contributed by atoms with Crippen molar-refractivity contribution in [1.82, 2.24) is 20.3 Å². The zero-order valence-electron chi connectivity index (χ0n) is 10.0. The van der Waals surface area contributed by atoms with Gasteiger partial charge in [-0.05, 0) is 26.3 Å². The molecule has 16 heavy (non-hydrogen) atoms. The highest BCUT2D eigenvalue weighted by atomic mass is 16.5. The SMILES string of the molecule is CNC(Cc1cn(C)nn1)C1CCCCO1. The van der Waals surface area contributed by atoms with Crippen LogP contribution >= 0.6 is 0 Å². The molecule has 1 fully saturated rings. The Bertz CT molecular complexity index is 320. The zero-order chi connectivity index (χ0) is 11.4. The van der Waals surface area contributed by atoms with Gasteiger partial charge in [-0.3, -0.25) is 4.68 Å². The summed E-state index contributed by atoms with van der Waals surface area (Å²) in [6.07, 6.45) is 6.77. The molecule has 2 unspecified atom stereocenters. The quantitative estimate of drug-likeness (QED) is 0.810. The number of likely N-dealkylation sites (N-methyl/N-ethyl adjacent to an activating group) is 1. The molecule has 0 spiro atoms. The van der Waals surface area contributed by atoms with E-state index >= 15 is 0 Å². The Morgan fingerprint density at radius 1 is 1.62 bits per heavy atom. The van der Waals surface area contributed by atoms with Crippen molar-refractivity contribution in [2.75, 3.05) is 13.7 Å². The Labute approximate surface area is 96.2 Å². The van der Waals surface area contributed by atoms with Crippen LogP contribution in [-0.2, 0) is 18.2 Å². The Hall–Kier alpha value is -0.940. The fourth-order valence-corrected chi connectivity index (χ4v) is 2.22. The second-order valence-corrected chi connectivity index (χ2v) is 4.39. The fourth-order valence-electron chi connectivity index (χ4n) is 2.22. The number of rotatable bonds is 4. The minimum absolute atomic E-state index is 0.320. The average Bonchev–Trinajstić information content (AvgIpc) is 2.73. The molecule has 5 heteroatoms. The normalized spacial score (nSPS) is 23.2. The lowest BCUT2D eigenvalue weighted by atomic mass is 9.99. The third kappa shape index (κ3) is 2.80. The van der Waals surface area contributed by atoms with E-state index in [1.165, 1.54) is 12.8 Å². The summed E-state index contributed by atoms with van der Waals surface area (Å²) >= 11 is 0. The molecule has 0 saturated carbocycles. The van der Waals surface area contributed by atoms with Crippen molar-refractivity contribution in [1.29, 1.82) is 0 Å². The number of hydrogen-bond acceptors (Lipinski definition) is 4. The molecule has 0 radical (unpaired) electrons. The maximum absolute atomic E-state index is 5.79. The molecule has 2 heterocycles. The van der Waals surface area contributed by atoms with Crippen LogP contribution in [0.4, 0.5) is 0 Å². The molecule has 0 amide bonds. The lowest BCUT2D eigenvalue weighted by molar-refractivity contribution is -0.00605. The summed E-state index contributed by atoms with van der Waals surface area (Å²) in [7, 11) is 3.88. The van der Waals surface area contributed by atoms with Gasteiger partial charge in [0.2, 0.25) is 0 Å². The van der Waals surface area contributed by atoms with Gasteiger partial charge in [-0.25, -0.2) is 0 Å². The van der Waals surface area contributed by atoms with Crippen molar-refractivity contribution >= 4 is 0 Å². The molecule has 90 valence electrons. The number of aryl methyl sites for hydroxylation is 1. The van der Waals surface area contributed by atoms with Crippen molar-refractivity contribution < 1.29 is 4.74 Å². The largest absolute Gasteiger partial charge is 0.377 e. The molecule has 2 atom stereocenters. The Morgan fingerprint density at radius 3 is 3.06 bits per heavy atom. The molecule has 1 aliphatic heterocycles.